The summed E-state index contributed by atoms with van der Waals surface area (Å²) < 4.78 is 13.4. The Labute approximate surface area is 155 Å². The number of aromatic nitrogens is 2. The van der Waals surface area contributed by atoms with Crippen molar-refractivity contribution >= 4 is 29.1 Å². The van der Waals surface area contributed by atoms with Crippen molar-refractivity contribution in [2.45, 2.75) is 12.5 Å². The van der Waals surface area contributed by atoms with Crippen LogP contribution in [0.1, 0.15) is 16.8 Å². The Morgan fingerprint density at radius 1 is 1.37 bits per heavy atom. The molecule has 0 saturated carbocycles. The van der Waals surface area contributed by atoms with Crippen LogP contribution >= 0.6 is 0 Å². The van der Waals surface area contributed by atoms with E-state index in [4.69, 9.17) is 5.73 Å². The van der Waals surface area contributed by atoms with Crippen molar-refractivity contribution in [1.82, 2.24) is 15.3 Å². The van der Waals surface area contributed by atoms with Gasteiger partial charge in [-0.3, -0.25) is 14.6 Å². The van der Waals surface area contributed by atoms with E-state index in [0.717, 1.165) is 12.6 Å². The van der Waals surface area contributed by atoms with Crippen LogP contribution < -0.4 is 21.3 Å². The van der Waals surface area contributed by atoms with Crippen molar-refractivity contribution in [3.8, 4) is 0 Å². The molecule has 9 heteroatoms. The molecule has 0 bridgehead atoms. The highest BCUT2D eigenvalue weighted by Gasteiger charge is 2.25. The van der Waals surface area contributed by atoms with Crippen LogP contribution in [0.15, 0.2) is 43.2 Å². The molecule has 8 nitrogen and oxygen atoms in total. The second kappa shape index (κ2) is 7.81. The summed E-state index contributed by atoms with van der Waals surface area (Å²) >= 11 is 0. The summed E-state index contributed by atoms with van der Waals surface area (Å²) in [4.78, 5) is 33.4. The van der Waals surface area contributed by atoms with Gasteiger partial charge in [0.2, 0.25) is 5.91 Å². The van der Waals surface area contributed by atoms with Gasteiger partial charge in [-0.15, -0.1) is 0 Å². The first-order valence-electron chi connectivity index (χ1n) is 8.32. The van der Waals surface area contributed by atoms with E-state index in [1.54, 1.807) is 12.1 Å². The van der Waals surface area contributed by atoms with Crippen LogP contribution in [0.25, 0.3) is 0 Å². The average molecular weight is 370 g/mol. The van der Waals surface area contributed by atoms with Crippen LogP contribution in [0.5, 0.6) is 0 Å². The Balaban J connectivity index is 1.82. The monoisotopic (exact) mass is 370 g/mol. The first-order valence-corrected chi connectivity index (χ1v) is 8.32. The van der Waals surface area contributed by atoms with Crippen molar-refractivity contribution < 1.29 is 14.0 Å². The fourth-order valence-electron chi connectivity index (χ4n) is 2.88. The smallest absolute Gasteiger partial charge is 0.252 e. The quantitative estimate of drug-likeness (QED) is 0.662. The maximum Gasteiger partial charge on any atom is 0.252 e. The molecule has 2 aromatic heterocycles. The summed E-state index contributed by atoms with van der Waals surface area (Å²) in [6.45, 7) is 4.70. The molecule has 1 unspecified atom stereocenters. The van der Waals surface area contributed by atoms with Crippen molar-refractivity contribution in [3.63, 3.8) is 0 Å². The van der Waals surface area contributed by atoms with E-state index in [1.807, 2.05) is 4.90 Å². The molecule has 2 aromatic rings. The van der Waals surface area contributed by atoms with Gasteiger partial charge >= 0.3 is 0 Å². The molecule has 1 fully saturated rings. The predicted octanol–water partition coefficient (Wildman–Crippen LogP) is 1.34. The second-order valence-electron chi connectivity index (χ2n) is 6.09. The first kappa shape index (κ1) is 18.3. The second-order valence-corrected chi connectivity index (χ2v) is 6.09. The molecule has 0 spiro atoms. The van der Waals surface area contributed by atoms with E-state index in [-0.39, 0.29) is 23.3 Å². The lowest BCUT2D eigenvalue weighted by atomic mass is 10.2. The third-order valence-corrected chi connectivity index (χ3v) is 4.16. The molecule has 1 aliphatic heterocycles. The highest BCUT2D eigenvalue weighted by molar-refractivity contribution is 5.98. The van der Waals surface area contributed by atoms with Crippen LogP contribution in [0.4, 0.5) is 21.7 Å². The lowest BCUT2D eigenvalue weighted by molar-refractivity contribution is -0.117. The van der Waals surface area contributed by atoms with E-state index >= 15 is 0 Å². The highest BCUT2D eigenvalue weighted by Crippen LogP contribution is 2.25. The molecular formula is C18H19FN6O2. The Bertz CT molecular complexity index is 888. The van der Waals surface area contributed by atoms with Gasteiger partial charge in [-0.25, -0.2) is 9.37 Å². The molecule has 140 valence electrons. The van der Waals surface area contributed by atoms with Gasteiger partial charge in [0.15, 0.2) is 0 Å². The van der Waals surface area contributed by atoms with Crippen LogP contribution in [-0.4, -0.2) is 40.9 Å². The number of primary amides is 1. The van der Waals surface area contributed by atoms with E-state index in [1.165, 1.54) is 18.3 Å². The lowest BCUT2D eigenvalue weighted by Gasteiger charge is -2.19. The summed E-state index contributed by atoms with van der Waals surface area (Å²) in [5.74, 6) is -0.566. The molecule has 1 saturated heterocycles. The number of carbonyl (C=O) groups excluding carboxylic acids is 2. The fraction of sp³-hybridized carbons (Fsp3) is 0.222. The molecule has 0 aromatic carbocycles. The Kier molecular flexibility index (Phi) is 5.30. The van der Waals surface area contributed by atoms with Crippen molar-refractivity contribution in [3.05, 3.63) is 54.6 Å². The zero-order valence-electron chi connectivity index (χ0n) is 14.5. The maximum absolute atomic E-state index is 13.4. The van der Waals surface area contributed by atoms with Crippen LogP contribution in [0, 0.1) is 5.82 Å². The van der Waals surface area contributed by atoms with Crippen molar-refractivity contribution in [1.29, 1.82) is 0 Å². The number of halogens is 1. The van der Waals surface area contributed by atoms with Crippen LogP contribution in [0.2, 0.25) is 0 Å². The Hall–Kier alpha value is -3.49. The number of pyridine rings is 2. The van der Waals surface area contributed by atoms with E-state index in [0.29, 0.717) is 24.6 Å². The number of nitrogens with zero attached hydrogens (tertiary/aromatic N) is 3. The summed E-state index contributed by atoms with van der Waals surface area (Å²) in [6, 6.07) is 4.47. The molecule has 0 radical (unpaired) electrons. The Morgan fingerprint density at radius 2 is 2.19 bits per heavy atom. The number of hydrogen-bond donors (Lipinski definition) is 3. The highest BCUT2D eigenvalue weighted by atomic mass is 19.1. The predicted molar refractivity (Wildman–Crippen MR) is 99.2 cm³/mol. The fourth-order valence-corrected chi connectivity index (χ4v) is 2.88. The van der Waals surface area contributed by atoms with E-state index in [9.17, 15) is 14.0 Å². The molecule has 2 amide bonds. The number of amides is 2. The zero-order chi connectivity index (χ0) is 19.4. The summed E-state index contributed by atoms with van der Waals surface area (Å²) in [5, 5.41) is 5.74. The largest absolute Gasteiger partial charge is 0.365 e. The van der Waals surface area contributed by atoms with Gasteiger partial charge < -0.3 is 21.3 Å². The van der Waals surface area contributed by atoms with Crippen LogP contribution in [0.3, 0.4) is 0 Å². The first-order chi connectivity index (χ1) is 13.0. The van der Waals surface area contributed by atoms with Crippen molar-refractivity contribution in [2.24, 2.45) is 5.73 Å². The van der Waals surface area contributed by atoms with Gasteiger partial charge in [0.1, 0.15) is 17.5 Å². The molecular weight excluding hydrogens is 351 g/mol. The standard InChI is InChI=1S/C18H19FN6O2/c1-2-16(26)22-12-5-6-25(10-12)15-4-3-14(17(20)27)18(24-15)23-13-7-11(19)8-21-9-13/h2-4,7-9,12H,1,5-6,10H2,(H2,20,27)(H,22,26)(H,23,24). The number of nitrogens with two attached hydrogens (primary N) is 1. The summed E-state index contributed by atoms with van der Waals surface area (Å²) in [6.07, 6.45) is 4.48. The molecule has 3 heterocycles. The molecule has 0 aliphatic carbocycles. The normalized spacial score (nSPS) is 16.0. The van der Waals surface area contributed by atoms with Gasteiger partial charge in [-0.05, 0) is 24.6 Å². The molecule has 1 aliphatic rings. The molecule has 1 atom stereocenters. The third-order valence-electron chi connectivity index (χ3n) is 4.16. The molecule has 3 rings (SSSR count). The van der Waals surface area contributed by atoms with Crippen molar-refractivity contribution in [2.75, 3.05) is 23.3 Å². The van der Waals surface area contributed by atoms with E-state index < -0.39 is 11.7 Å². The van der Waals surface area contributed by atoms with Gasteiger partial charge in [-0.2, -0.15) is 0 Å². The number of carbonyl (C=O) groups is 2. The lowest BCUT2D eigenvalue weighted by Crippen LogP contribution is -2.36. The van der Waals surface area contributed by atoms with Gasteiger partial charge in [0.25, 0.3) is 5.91 Å². The minimum Gasteiger partial charge on any atom is -0.365 e. The zero-order valence-corrected chi connectivity index (χ0v) is 14.5. The molecule has 27 heavy (non-hydrogen) atoms. The van der Waals surface area contributed by atoms with E-state index in [2.05, 4.69) is 27.2 Å². The SMILES string of the molecule is C=CC(=O)NC1CCN(c2ccc(C(N)=O)c(Nc3cncc(F)c3)n2)C1. The Morgan fingerprint density at radius 3 is 2.89 bits per heavy atom. The molecule has 4 N–H and O–H groups in total. The topological polar surface area (TPSA) is 113 Å². The third kappa shape index (κ3) is 4.38. The number of anilines is 3. The number of nitrogens with one attached hydrogen (secondary N) is 2. The minimum absolute atomic E-state index is 0.0167. The average Bonchev–Trinajstić information content (AvgIpc) is 3.09. The summed E-state index contributed by atoms with van der Waals surface area (Å²) in [5.41, 5.74) is 5.94. The van der Waals surface area contributed by atoms with Crippen LogP contribution in [-0.2, 0) is 4.79 Å². The minimum atomic E-state index is -0.654. The van der Waals surface area contributed by atoms with Gasteiger partial charge in [0.05, 0.1) is 23.6 Å². The number of hydrogen-bond acceptors (Lipinski definition) is 6. The number of rotatable bonds is 6. The van der Waals surface area contributed by atoms with Gasteiger partial charge in [0, 0.05) is 25.2 Å². The summed E-state index contributed by atoms with van der Waals surface area (Å²) in [7, 11) is 0. The van der Waals surface area contributed by atoms with Gasteiger partial charge in [-0.1, -0.05) is 6.58 Å². The maximum atomic E-state index is 13.4.